The van der Waals surface area contributed by atoms with Gasteiger partial charge in [-0.15, -0.1) is 0 Å². The van der Waals surface area contributed by atoms with Gasteiger partial charge in [-0.1, -0.05) is 79.4 Å². The molecule has 5 aromatic rings. The van der Waals surface area contributed by atoms with Crippen molar-refractivity contribution in [3.8, 4) is 0 Å². The summed E-state index contributed by atoms with van der Waals surface area (Å²) in [6.07, 6.45) is 1.49. The van der Waals surface area contributed by atoms with Gasteiger partial charge >= 0.3 is 42.1 Å². The zero-order valence-corrected chi connectivity index (χ0v) is 33.5. The zero-order valence-electron chi connectivity index (χ0n) is 33.5. The maximum Gasteiger partial charge on any atom is 0.491 e. The van der Waals surface area contributed by atoms with E-state index < -0.39 is 33.2 Å². The van der Waals surface area contributed by atoms with E-state index in [0.29, 0.717) is 50.8 Å². The average molecular weight is 812 g/mol. The number of hydrogen-bond acceptors (Lipinski definition) is 12. The zero-order chi connectivity index (χ0) is 42.7. The molecule has 0 spiro atoms. The number of rotatable bonds is 1. The van der Waals surface area contributed by atoms with Gasteiger partial charge in [0.15, 0.2) is 0 Å². The number of fused-ring (bicyclic) bond motifs is 6. The summed E-state index contributed by atoms with van der Waals surface area (Å²) in [6, 6.07) is 25.3. The van der Waals surface area contributed by atoms with Crippen molar-refractivity contribution in [1.29, 1.82) is 0 Å². The summed E-state index contributed by atoms with van der Waals surface area (Å²) < 4.78 is 38.9. The monoisotopic (exact) mass is 812 g/mol. The molecule has 11 rings (SSSR count). The van der Waals surface area contributed by atoms with Crippen molar-refractivity contribution in [1.82, 2.24) is 0 Å². The third kappa shape index (κ3) is 9.57. The Hall–Kier alpha value is -4.74. The standard InChI is InChI=1S/C9H11BO.C8H8B2O4.C8H8BFO.C8H8BNO3.C7H8BNO2/c1-7-4-3-5-8-6-11-10(2)9(7)8;11-9-7-1-5-3-13-10(12)8(5)2-6(7)4-14-9;1-9-8-6(5-11-9)3-2-4-7(8)10;11-9-4-3-6-1-2-7(10(12)13)5-8(6)9;9-6-2-1-5-4-11-8(10)7(5)3-6/h3-5H,6H2,1-2H3;1-2,11-12H,3-4H2;2-4H,5H2,1H3;1-2,5,11H,3-4H2;1-3,10H,4,9H2. The van der Waals surface area contributed by atoms with Gasteiger partial charge in [-0.2, -0.15) is 0 Å². The van der Waals surface area contributed by atoms with Crippen LogP contribution < -0.4 is 38.5 Å². The van der Waals surface area contributed by atoms with Crippen molar-refractivity contribution >= 4 is 86.3 Å². The highest BCUT2D eigenvalue weighted by molar-refractivity contribution is 6.69. The first kappa shape index (κ1) is 43.4. The quantitative estimate of drug-likeness (QED) is 0.0682. The summed E-state index contributed by atoms with van der Waals surface area (Å²) in [6.45, 7) is 8.45. The number of non-ortho nitro benzene ring substituents is 1. The van der Waals surface area contributed by atoms with Crippen molar-refractivity contribution in [2.75, 3.05) is 5.73 Å². The molecule has 6 aliphatic heterocycles. The number of nitrogens with two attached hydrogens (primary N) is 1. The molecule has 5 aromatic carbocycles. The average Bonchev–Trinajstić information content (AvgIpc) is 4.11. The molecule has 0 unspecified atom stereocenters. The smallest absolute Gasteiger partial charge is 0.446 e. The molecule has 0 saturated heterocycles. The summed E-state index contributed by atoms with van der Waals surface area (Å²) in [5, 5.41) is 48.0. The fourth-order valence-corrected chi connectivity index (χ4v) is 8.08. The molecule has 0 fully saturated rings. The Kier molecular flexibility index (Phi) is 13.7. The van der Waals surface area contributed by atoms with Crippen LogP contribution in [0.25, 0.3) is 0 Å². The van der Waals surface area contributed by atoms with Crippen LogP contribution in [0.5, 0.6) is 0 Å². The number of benzene rings is 5. The molecule has 0 bridgehead atoms. The molecule has 0 radical (unpaired) electrons. The molecule has 0 saturated carbocycles. The van der Waals surface area contributed by atoms with E-state index in [0.717, 1.165) is 62.7 Å². The van der Waals surface area contributed by atoms with E-state index in [1.165, 1.54) is 34.8 Å². The molecule has 0 aliphatic carbocycles. The third-order valence-corrected chi connectivity index (χ3v) is 11.3. The summed E-state index contributed by atoms with van der Waals surface area (Å²) in [7, 11) is -2.44. The van der Waals surface area contributed by atoms with Crippen LogP contribution in [0, 0.1) is 22.9 Å². The van der Waals surface area contributed by atoms with Gasteiger partial charge in [0.1, 0.15) is 5.82 Å². The molecule has 6 heterocycles. The van der Waals surface area contributed by atoms with Crippen LogP contribution in [0.1, 0.15) is 38.9 Å². The fourth-order valence-electron chi connectivity index (χ4n) is 8.08. The van der Waals surface area contributed by atoms with Crippen LogP contribution in [0.3, 0.4) is 0 Å². The number of anilines is 1. The van der Waals surface area contributed by atoms with E-state index in [-0.39, 0.29) is 18.4 Å². The molecular weight excluding hydrogens is 768 g/mol. The number of hydrogen-bond donors (Lipinski definition) is 5. The van der Waals surface area contributed by atoms with Crippen molar-refractivity contribution < 1.29 is 52.7 Å². The highest BCUT2D eigenvalue weighted by atomic mass is 19.1. The molecular formula is C40H43B6FN2O11. The van der Waals surface area contributed by atoms with Gasteiger partial charge in [-0.3, -0.25) is 10.1 Å². The van der Waals surface area contributed by atoms with E-state index in [9.17, 15) is 34.6 Å². The lowest BCUT2D eigenvalue weighted by atomic mass is 9.62. The van der Waals surface area contributed by atoms with E-state index in [2.05, 4.69) is 31.9 Å². The summed E-state index contributed by atoms with van der Waals surface area (Å²) in [5.74, 6) is -0.146. The second kappa shape index (κ2) is 18.9. The second-order valence-corrected chi connectivity index (χ2v) is 15.3. The Balaban J connectivity index is 0.000000114. The second-order valence-electron chi connectivity index (χ2n) is 15.3. The van der Waals surface area contributed by atoms with Gasteiger partial charge in [0.2, 0.25) is 0 Å². The van der Waals surface area contributed by atoms with Crippen LogP contribution >= 0.6 is 0 Å². The van der Waals surface area contributed by atoms with E-state index in [1.54, 1.807) is 24.3 Å². The predicted octanol–water partition coefficient (Wildman–Crippen LogP) is 0.488. The van der Waals surface area contributed by atoms with Crippen molar-refractivity contribution in [2.45, 2.75) is 66.3 Å². The third-order valence-electron chi connectivity index (χ3n) is 11.3. The minimum atomic E-state index is -0.826. The molecule has 6 N–H and O–H groups in total. The molecule has 0 amide bonds. The first-order valence-corrected chi connectivity index (χ1v) is 19.8. The van der Waals surface area contributed by atoms with Gasteiger partial charge < -0.3 is 49.1 Å². The lowest BCUT2D eigenvalue weighted by Crippen LogP contribution is -2.33. The van der Waals surface area contributed by atoms with Gasteiger partial charge in [0.25, 0.3) is 5.69 Å². The Morgan fingerprint density at radius 3 is 1.72 bits per heavy atom. The van der Waals surface area contributed by atoms with E-state index >= 15 is 0 Å². The topological polar surface area (TPSA) is 196 Å². The van der Waals surface area contributed by atoms with Crippen LogP contribution in [0.4, 0.5) is 15.8 Å². The van der Waals surface area contributed by atoms with Crippen molar-refractivity contribution in [3.05, 3.63) is 140 Å². The molecule has 0 atom stereocenters. The minimum Gasteiger partial charge on any atom is -0.446 e. The number of nitrogen functional groups attached to an aromatic ring is 1. The fraction of sp³-hybridized carbons (Fsp3) is 0.250. The predicted molar refractivity (Wildman–Crippen MR) is 233 cm³/mol. The first-order chi connectivity index (χ1) is 28.8. The number of nitro benzene ring substituents is 1. The SMILES string of the molecule is CB1OCc2cccc(C)c21.CB1OCc2cccc(F)c21.Nc1ccc2c(c1)B(O)OC2.O=[N+]([O-])c1ccc2c(c1)B(O)CC2.OB1OCc2cc3c(cc21)COB3O. The van der Waals surface area contributed by atoms with Crippen LogP contribution in [-0.2, 0) is 62.7 Å². The maximum atomic E-state index is 13.1. The number of aryl methyl sites for hydroxylation is 2. The van der Waals surface area contributed by atoms with Gasteiger partial charge in [0, 0.05) is 17.8 Å². The van der Waals surface area contributed by atoms with E-state index in [1.807, 2.05) is 31.1 Å². The molecule has 20 heteroatoms. The van der Waals surface area contributed by atoms with Crippen LogP contribution in [0.2, 0.25) is 20.0 Å². The molecule has 304 valence electrons. The van der Waals surface area contributed by atoms with Crippen molar-refractivity contribution in [2.24, 2.45) is 0 Å². The lowest BCUT2D eigenvalue weighted by molar-refractivity contribution is -0.384. The Morgan fingerprint density at radius 2 is 1.13 bits per heavy atom. The van der Waals surface area contributed by atoms with Crippen molar-refractivity contribution in [3.63, 3.8) is 0 Å². The molecule has 60 heavy (non-hydrogen) atoms. The number of nitrogens with zero attached hydrogens (tertiary/aromatic N) is 1. The van der Waals surface area contributed by atoms with E-state index in [4.69, 9.17) is 29.0 Å². The number of halogens is 1. The van der Waals surface area contributed by atoms with Crippen LogP contribution in [0.15, 0.2) is 84.9 Å². The molecule has 6 aliphatic rings. The summed E-state index contributed by atoms with van der Waals surface area (Å²) in [5.41, 5.74) is 19.1. The largest absolute Gasteiger partial charge is 0.491 e. The molecule has 13 nitrogen and oxygen atoms in total. The summed E-state index contributed by atoms with van der Waals surface area (Å²) >= 11 is 0. The highest BCUT2D eigenvalue weighted by Gasteiger charge is 2.34. The Bertz CT molecular complexity index is 2280. The minimum absolute atomic E-state index is 0.0553. The number of nitro groups is 1. The lowest BCUT2D eigenvalue weighted by Gasteiger charge is -2.02. The Morgan fingerprint density at radius 1 is 0.617 bits per heavy atom. The highest BCUT2D eigenvalue weighted by Crippen LogP contribution is 2.19. The molecule has 0 aromatic heterocycles. The Labute approximate surface area is 349 Å². The van der Waals surface area contributed by atoms with Gasteiger partial charge in [-0.05, 0) is 98.5 Å². The first-order valence-electron chi connectivity index (χ1n) is 19.8. The van der Waals surface area contributed by atoms with Crippen LogP contribution in [-0.4, -0.2) is 67.1 Å². The van der Waals surface area contributed by atoms with Gasteiger partial charge in [0.05, 0.1) is 38.0 Å². The summed E-state index contributed by atoms with van der Waals surface area (Å²) in [4.78, 5) is 9.99. The maximum absolute atomic E-state index is 13.1. The normalized spacial score (nSPS) is 15.9. The van der Waals surface area contributed by atoms with Gasteiger partial charge in [-0.25, -0.2) is 4.39 Å².